The van der Waals surface area contributed by atoms with E-state index in [0.717, 1.165) is 34.9 Å². The van der Waals surface area contributed by atoms with E-state index < -0.39 is 0 Å². The fourth-order valence-electron chi connectivity index (χ4n) is 3.70. The molecule has 0 N–H and O–H groups in total. The second-order valence-corrected chi connectivity index (χ2v) is 7.95. The first kappa shape index (κ1) is 18.8. The van der Waals surface area contributed by atoms with Crippen molar-refractivity contribution in [1.82, 2.24) is 15.0 Å². The molecule has 1 aromatic carbocycles. The number of rotatable bonds is 5. The van der Waals surface area contributed by atoms with E-state index in [1.807, 2.05) is 30.0 Å². The monoisotopic (exact) mass is 385 g/mol. The Labute approximate surface area is 165 Å². The van der Waals surface area contributed by atoms with Crippen LogP contribution in [0.15, 0.2) is 22.7 Å². The lowest BCUT2D eigenvalue weighted by atomic mass is 9.99. The van der Waals surface area contributed by atoms with Crippen LogP contribution in [-0.4, -0.2) is 53.8 Å². The quantitative estimate of drug-likeness (QED) is 0.788. The van der Waals surface area contributed by atoms with Gasteiger partial charge in [-0.25, -0.2) is 0 Å². The van der Waals surface area contributed by atoms with Crippen molar-refractivity contribution in [2.75, 3.05) is 26.9 Å². The molecule has 4 rings (SSSR count). The summed E-state index contributed by atoms with van der Waals surface area (Å²) in [6, 6.07) is 6.17. The molecule has 0 saturated heterocycles. The molecule has 150 valence electrons. The number of aromatic nitrogens is 1. The molecule has 28 heavy (non-hydrogen) atoms. The molecular formula is C21H27N3O4. The number of ether oxygens (including phenoxy) is 2. The van der Waals surface area contributed by atoms with Gasteiger partial charge < -0.3 is 23.8 Å². The molecule has 0 saturated carbocycles. The Kier molecular flexibility index (Phi) is 5.02. The lowest BCUT2D eigenvalue weighted by Gasteiger charge is -2.31. The van der Waals surface area contributed by atoms with E-state index >= 15 is 0 Å². The van der Waals surface area contributed by atoms with Gasteiger partial charge in [-0.3, -0.25) is 4.79 Å². The van der Waals surface area contributed by atoms with Crippen molar-refractivity contribution in [3.8, 4) is 22.8 Å². The fraction of sp³-hybridized carbons (Fsp3) is 0.524. The van der Waals surface area contributed by atoms with Crippen LogP contribution in [0.3, 0.4) is 0 Å². The van der Waals surface area contributed by atoms with Crippen LogP contribution in [0.4, 0.5) is 0 Å². The molecule has 2 aromatic rings. The van der Waals surface area contributed by atoms with Crippen molar-refractivity contribution in [3.05, 3.63) is 29.5 Å². The molecule has 1 atom stereocenters. The summed E-state index contributed by atoms with van der Waals surface area (Å²) >= 11 is 0. The maximum atomic E-state index is 13.0. The highest BCUT2D eigenvalue weighted by Gasteiger charge is 2.30. The molecule has 7 heteroatoms. The van der Waals surface area contributed by atoms with Gasteiger partial charge >= 0.3 is 0 Å². The third-order valence-corrected chi connectivity index (χ3v) is 5.65. The summed E-state index contributed by atoms with van der Waals surface area (Å²) in [4.78, 5) is 17.1. The SMILES string of the molecule is CC(CN(C)C(C)C)C(=O)N1CCc2onc(-c3ccc4c(c3)OCO4)c2C1. The zero-order valence-corrected chi connectivity index (χ0v) is 16.9. The van der Waals surface area contributed by atoms with Gasteiger partial charge in [0.1, 0.15) is 11.5 Å². The number of amides is 1. The Balaban J connectivity index is 1.52. The van der Waals surface area contributed by atoms with Crippen molar-refractivity contribution in [3.63, 3.8) is 0 Å². The summed E-state index contributed by atoms with van der Waals surface area (Å²) in [5.74, 6) is 2.44. The predicted molar refractivity (Wildman–Crippen MR) is 104 cm³/mol. The number of carbonyl (C=O) groups is 1. The maximum Gasteiger partial charge on any atom is 0.231 e. The Bertz CT molecular complexity index is 877. The van der Waals surface area contributed by atoms with E-state index in [1.165, 1.54) is 0 Å². The summed E-state index contributed by atoms with van der Waals surface area (Å²) in [7, 11) is 2.06. The minimum Gasteiger partial charge on any atom is -0.454 e. The molecular weight excluding hydrogens is 358 g/mol. The van der Waals surface area contributed by atoms with Crippen LogP contribution in [0.5, 0.6) is 11.5 Å². The normalized spacial score (nSPS) is 16.6. The van der Waals surface area contributed by atoms with Gasteiger partial charge in [-0.2, -0.15) is 0 Å². The van der Waals surface area contributed by atoms with Gasteiger partial charge in [-0.1, -0.05) is 12.1 Å². The average Bonchev–Trinajstić information content (AvgIpc) is 3.32. The van der Waals surface area contributed by atoms with Gasteiger partial charge in [0.15, 0.2) is 11.5 Å². The minimum absolute atomic E-state index is 0.0530. The molecule has 7 nitrogen and oxygen atoms in total. The van der Waals surface area contributed by atoms with Gasteiger partial charge in [0.25, 0.3) is 0 Å². The van der Waals surface area contributed by atoms with Gasteiger partial charge in [0.05, 0.1) is 6.54 Å². The highest BCUT2D eigenvalue weighted by atomic mass is 16.7. The third kappa shape index (κ3) is 3.46. The van der Waals surface area contributed by atoms with Gasteiger partial charge in [0, 0.05) is 42.6 Å². The predicted octanol–water partition coefficient (Wildman–Crippen LogP) is 2.93. The van der Waals surface area contributed by atoms with Gasteiger partial charge in [-0.15, -0.1) is 0 Å². The lowest BCUT2D eigenvalue weighted by Crippen LogP contribution is -2.43. The number of nitrogens with zero attached hydrogens (tertiary/aromatic N) is 3. The molecule has 2 aliphatic heterocycles. The summed E-state index contributed by atoms with van der Waals surface area (Å²) in [5.41, 5.74) is 2.68. The standard InChI is InChI=1S/C21H27N3O4/c1-13(2)23(4)10-14(3)21(25)24-8-7-17-16(11-24)20(22-28-17)15-5-6-18-19(9-15)27-12-26-18/h5-6,9,13-14H,7-8,10-12H2,1-4H3. The van der Waals surface area contributed by atoms with Crippen molar-refractivity contribution in [1.29, 1.82) is 0 Å². The number of hydrogen-bond donors (Lipinski definition) is 0. The van der Waals surface area contributed by atoms with Crippen molar-refractivity contribution in [2.45, 2.75) is 39.8 Å². The van der Waals surface area contributed by atoms with Crippen LogP contribution in [0, 0.1) is 5.92 Å². The molecule has 1 amide bonds. The highest BCUT2D eigenvalue weighted by Crippen LogP contribution is 2.38. The van der Waals surface area contributed by atoms with E-state index in [1.54, 1.807) is 0 Å². The van der Waals surface area contributed by atoms with Gasteiger partial charge in [-0.05, 0) is 39.1 Å². The smallest absolute Gasteiger partial charge is 0.231 e. The van der Waals surface area contributed by atoms with Crippen molar-refractivity contribution < 1.29 is 18.8 Å². The fourth-order valence-corrected chi connectivity index (χ4v) is 3.70. The maximum absolute atomic E-state index is 13.0. The van der Waals surface area contributed by atoms with E-state index in [-0.39, 0.29) is 18.6 Å². The minimum atomic E-state index is -0.0530. The topological polar surface area (TPSA) is 68.0 Å². The van der Waals surface area contributed by atoms with E-state index in [0.29, 0.717) is 31.3 Å². The molecule has 3 heterocycles. The number of fused-ring (bicyclic) bond motifs is 2. The zero-order chi connectivity index (χ0) is 19.8. The van der Waals surface area contributed by atoms with Crippen LogP contribution in [0.1, 0.15) is 32.1 Å². The first-order chi connectivity index (χ1) is 13.4. The molecule has 1 unspecified atom stereocenters. The van der Waals surface area contributed by atoms with Crippen LogP contribution in [0.2, 0.25) is 0 Å². The third-order valence-electron chi connectivity index (χ3n) is 5.65. The Morgan fingerprint density at radius 3 is 2.82 bits per heavy atom. The number of hydrogen-bond acceptors (Lipinski definition) is 6. The summed E-state index contributed by atoms with van der Waals surface area (Å²) in [5, 5.41) is 4.29. The Hall–Kier alpha value is -2.54. The average molecular weight is 385 g/mol. The van der Waals surface area contributed by atoms with Crippen molar-refractivity contribution in [2.24, 2.45) is 5.92 Å². The second kappa shape index (κ2) is 7.47. The van der Waals surface area contributed by atoms with Crippen LogP contribution in [-0.2, 0) is 17.8 Å². The molecule has 0 bridgehead atoms. The number of benzene rings is 1. The molecule has 2 aliphatic rings. The van der Waals surface area contributed by atoms with Crippen LogP contribution < -0.4 is 9.47 Å². The van der Waals surface area contributed by atoms with Crippen LogP contribution >= 0.6 is 0 Å². The largest absolute Gasteiger partial charge is 0.454 e. The summed E-state index contributed by atoms with van der Waals surface area (Å²) in [6.45, 7) is 8.45. The van der Waals surface area contributed by atoms with Gasteiger partial charge in [0.2, 0.25) is 12.7 Å². The van der Waals surface area contributed by atoms with E-state index in [4.69, 9.17) is 14.0 Å². The summed E-state index contributed by atoms with van der Waals surface area (Å²) < 4.78 is 16.4. The highest BCUT2D eigenvalue weighted by molar-refractivity contribution is 5.79. The molecule has 1 aromatic heterocycles. The first-order valence-electron chi connectivity index (χ1n) is 9.80. The number of carbonyl (C=O) groups excluding carboxylic acids is 1. The van der Waals surface area contributed by atoms with E-state index in [2.05, 4.69) is 31.0 Å². The molecule has 0 fully saturated rings. The second-order valence-electron chi connectivity index (χ2n) is 7.95. The summed E-state index contributed by atoms with van der Waals surface area (Å²) in [6.07, 6.45) is 0.686. The molecule has 0 spiro atoms. The van der Waals surface area contributed by atoms with E-state index in [9.17, 15) is 4.79 Å². The molecule has 0 aliphatic carbocycles. The lowest BCUT2D eigenvalue weighted by molar-refractivity contribution is -0.136. The van der Waals surface area contributed by atoms with Crippen LogP contribution in [0.25, 0.3) is 11.3 Å². The molecule has 0 radical (unpaired) electrons. The Morgan fingerprint density at radius 2 is 2.04 bits per heavy atom. The zero-order valence-electron chi connectivity index (χ0n) is 16.9. The van der Waals surface area contributed by atoms with Crippen molar-refractivity contribution >= 4 is 5.91 Å². The first-order valence-corrected chi connectivity index (χ1v) is 9.80. The Morgan fingerprint density at radius 1 is 1.25 bits per heavy atom.